The van der Waals surface area contributed by atoms with Crippen LogP contribution in [0.3, 0.4) is 0 Å². The van der Waals surface area contributed by atoms with Gasteiger partial charge in [0.25, 0.3) is 11.5 Å². The number of hydrogen-bond acceptors (Lipinski definition) is 6. The molecule has 1 aromatic heterocycles. The van der Waals surface area contributed by atoms with Gasteiger partial charge >= 0.3 is 5.69 Å². The predicted octanol–water partition coefficient (Wildman–Crippen LogP) is -2.58. The van der Waals surface area contributed by atoms with E-state index >= 15 is 0 Å². The zero-order valence-electron chi connectivity index (χ0n) is 9.04. The third-order valence-electron chi connectivity index (χ3n) is 2.70. The van der Waals surface area contributed by atoms with Gasteiger partial charge in [0.15, 0.2) is 0 Å². The van der Waals surface area contributed by atoms with Gasteiger partial charge in [-0.3, -0.25) is 9.78 Å². The number of aliphatic hydroxyl groups is 3. The van der Waals surface area contributed by atoms with Gasteiger partial charge in [0, 0.05) is 0 Å². The summed E-state index contributed by atoms with van der Waals surface area (Å²) < 4.78 is 18.4. The Morgan fingerprint density at radius 1 is 1.61 bits per heavy atom. The Balaban J connectivity index is 2.47. The molecule has 100 valence electrons. The monoisotopic (exact) mass is 262 g/mol. The second kappa shape index (κ2) is 4.28. The summed E-state index contributed by atoms with van der Waals surface area (Å²) in [5, 5.41) is 28.4. The van der Waals surface area contributed by atoms with Crippen LogP contribution in [0.2, 0.25) is 0 Å². The number of H-pyrrole nitrogens is 1. The first kappa shape index (κ1) is 12.9. The number of nitrogens with one attached hydrogen (secondary N) is 1. The minimum atomic E-state index is -2.31. The zero-order valence-corrected chi connectivity index (χ0v) is 9.04. The molecule has 18 heavy (non-hydrogen) atoms. The molecular formula is C9H11FN2O6. The van der Waals surface area contributed by atoms with E-state index in [1.54, 1.807) is 4.98 Å². The molecule has 1 aliphatic heterocycles. The summed E-state index contributed by atoms with van der Waals surface area (Å²) in [6.45, 7) is -0.579. The van der Waals surface area contributed by atoms with Crippen LogP contribution in [0.25, 0.3) is 0 Å². The number of hydrogen-bond donors (Lipinski definition) is 4. The van der Waals surface area contributed by atoms with E-state index in [4.69, 9.17) is 9.84 Å². The Morgan fingerprint density at radius 2 is 2.28 bits per heavy atom. The van der Waals surface area contributed by atoms with Crippen molar-refractivity contribution in [2.75, 3.05) is 6.61 Å². The highest BCUT2D eigenvalue weighted by Gasteiger charge is 2.47. The maximum absolute atomic E-state index is 13.1. The quantitative estimate of drug-likeness (QED) is 0.464. The van der Waals surface area contributed by atoms with E-state index in [-0.39, 0.29) is 0 Å². The highest BCUT2D eigenvalue weighted by Crippen LogP contribution is 2.31. The van der Waals surface area contributed by atoms with E-state index in [2.05, 4.69) is 0 Å². The Hall–Kier alpha value is -1.55. The summed E-state index contributed by atoms with van der Waals surface area (Å²) in [4.78, 5) is 23.9. The summed E-state index contributed by atoms with van der Waals surface area (Å²) >= 11 is 0. The van der Waals surface area contributed by atoms with Gasteiger partial charge in [0.2, 0.25) is 5.82 Å². The number of aliphatic hydroxyl groups excluding tert-OH is 2. The van der Waals surface area contributed by atoms with Crippen molar-refractivity contribution in [2.24, 2.45) is 0 Å². The van der Waals surface area contributed by atoms with Crippen molar-refractivity contribution in [2.45, 2.75) is 24.5 Å². The molecule has 2 rings (SSSR count). The molecule has 8 nitrogen and oxygen atoms in total. The summed E-state index contributed by atoms with van der Waals surface area (Å²) in [5.41, 5.74) is -2.31. The average Bonchev–Trinajstić information content (AvgIpc) is 2.59. The molecule has 0 radical (unpaired) electrons. The lowest BCUT2D eigenvalue weighted by Crippen LogP contribution is -2.45. The lowest BCUT2D eigenvalue weighted by Gasteiger charge is -2.24. The summed E-state index contributed by atoms with van der Waals surface area (Å²) in [5.74, 6) is -3.59. The van der Waals surface area contributed by atoms with Crippen LogP contribution >= 0.6 is 0 Å². The molecule has 2 heterocycles. The first-order valence-electron chi connectivity index (χ1n) is 5.08. The minimum absolute atomic E-state index is 0.419. The fourth-order valence-electron chi connectivity index (χ4n) is 1.79. The molecule has 4 N–H and O–H groups in total. The number of nitrogens with zero attached hydrogens (tertiary/aromatic N) is 1. The van der Waals surface area contributed by atoms with E-state index in [0.717, 1.165) is 0 Å². The van der Waals surface area contributed by atoms with Gasteiger partial charge in [-0.1, -0.05) is 0 Å². The maximum Gasteiger partial charge on any atom is 0.332 e. The number of ether oxygens (including phenoxy) is 1. The summed E-state index contributed by atoms with van der Waals surface area (Å²) in [6, 6.07) is 0. The molecule has 0 aromatic carbocycles. The van der Waals surface area contributed by atoms with E-state index in [1.165, 1.54) is 0 Å². The number of rotatable bonds is 2. The zero-order chi connectivity index (χ0) is 13.5. The topological polar surface area (TPSA) is 125 Å². The molecule has 3 atom stereocenters. The largest absolute Gasteiger partial charge is 0.394 e. The van der Waals surface area contributed by atoms with Gasteiger partial charge in [0.05, 0.1) is 25.3 Å². The van der Waals surface area contributed by atoms with Crippen LogP contribution in [0.1, 0.15) is 6.42 Å². The molecule has 0 unspecified atom stereocenters. The van der Waals surface area contributed by atoms with Crippen molar-refractivity contribution >= 4 is 0 Å². The molecular weight excluding hydrogens is 251 g/mol. The van der Waals surface area contributed by atoms with Gasteiger partial charge in [0.1, 0.15) is 6.10 Å². The van der Waals surface area contributed by atoms with Gasteiger partial charge in [-0.25, -0.2) is 9.36 Å². The van der Waals surface area contributed by atoms with E-state index in [0.29, 0.717) is 10.8 Å². The second-order valence-electron chi connectivity index (χ2n) is 3.96. The molecule has 1 fully saturated rings. The second-order valence-corrected chi connectivity index (χ2v) is 3.96. The van der Waals surface area contributed by atoms with E-state index in [1.807, 2.05) is 0 Å². The Kier molecular flexibility index (Phi) is 3.07. The van der Waals surface area contributed by atoms with Crippen molar-refractivity contribution in [3.8, 4) is 0 Å². The van der Waals surface area contributed by atoms with Crippen LogP contribution in [0.4, 0.5) is 4.39 Å². The normalized spacial score (nSPS) is 31.8. The molecule has 0 amide bonds. The highest BCUT2D eigenvalue weighted by molar-refractivity contribution is 4.93. The fourth-order valence-corrected chi connectivity index (χ4v) is 1.79. The first-order chi connectivity index (χ1) is 8.37. The van der Waals surface area contributed by atoms with Crippen molar-refractivity contribution in [3.63, 3.8) is 0 Å². The van der Waals surface area contributed by atoms with Gasteiger partial charge < -0.3 is 20.1 Å². The predicted molar refractivity (Wildman–Crippen MR) is 54.1 cm³/mol. The van der Waals surface area contributed by atoms with Crippen LogP contribution in [0.15, 0.2) is 15.8 Å². The molecule has 0 bridgehead atoms. The smallest absolute Gasteiger partial charge is 0.332 e. The third kappa shape index (κ3) is 1.97. The Bertz CT molecular complexity index is 569. The standard InChI is InChI=1S/C9H11FN2O6/c10-4-2-12(8(16)11-7(4)15)9(17)1-5(14)6(3-13)18-9/h2,5-6,13-14,17H,1,3H2,(H,11,15,16)/t5-,6+,9-/m0/s1. The van der Waals surface area contributed by atoms with Crippen LogP contribution in [0, 0.1) is 5.82 Å². The van der Waals surface area contributed by atoms with E-state index < -0.39 is 48.2 Å². The molecule has 0 aliphatic carbocycles. The third-order valence-corrected chi connectivity index (χ3v) is 2.70. The maximum atomic E-state index is 13.1. The van der Waals surface area contributed by atoms with Gasteiger partial charge in [-0.2, -0.15) is 4.39 Å². The SMILES string of the molecule is O=c1[nH]c(=O)n([C@]2(O)C[C@H](O)[C@@H](CO)O2)cc1F. The lowest BCUT2D eigenvalue weighted by molar-refractivity contribution is -0.258. The first-order valence-corrected chi connectivity index (χ1v) is 5.08. The van der Waals surface area contributed by atoms with Crippen LogP contribution in [0.5, 0.6) is 0 Å². The van der Waals surface area contributed by atoms with Crippen molar-refractivity contribution in [1.29, 1.82) is 0 Å². The number of aromatic nitrogens is 2. The molecule has 1 saturated heterocycles. The molecule has 1 aliphatic rings. The number of aromatic amines is 1. The minimum Gasteiger partial charge on any atom is -0.394 e. The van der Waals surface area contributed by atoms with Gasteiger partial charge in [-0.15, -0.1) is 0 Å². The molecule has 9 heteroatoms. The van der Waals surface area contributed by atoms with Crippen LogP contribution < -0.4 is 11.2 Å². The molecule has 1 aromatic rings. The summed E-state index contributed by atoms with van der Waals surface area (Å²) in [7, 11) is 0. The number of halogens is 1. The van der Waals surface area contributed by atoms with E-state index in [9.17, 15) is 24.2 Å². The van der Waals surface area contributed by atoms with Crippen LogP contribution in [-0.4, -0.2) is 43.7 Å². The van der Waals surface area contributed by atoms with Crippen molar-refractivity contribution in [1.82, 2.24) is 9.55 Å². The summed E-state index contributed by atoms with van der Waals surface area (Å²) in [6.07, 6.45) is -2.28. The van der Waals surface area contributed by atoms with Crippen LogP contribution in [-0.2, 0) is 10.6 Å². The molecule has 0 spiro atoms. The fraction of sp³-hybridized carbons (Fsp3) is 0.556. The van der Waals surface area contributed by atoms with Gasteiger partial charge in [-0.05, 0) is 0 Å². The average molecular weight is 262 g/mol. The highest BCUT2D eigenvalue weighted by atomic mass is 19.1. The van der Waals surface area contributed by atoms with Crippen molar-refractivity contribution < 1.29 is 24.4 Å². The Labute approximate surface area is 98.9 Å². The Morgan fingerprint density at radius 3 is 2.83 bits per heavy atom. The van der Waals surface area contributed by atoms with Crippen molar-refractivity contribution in [3.05, 3.63) is 32.9 Å². The lowest BCUT2D eigenvalue weighted by atomic mass is 10.2. The molecule has 0 saturated carbocycles.